The number of aliphatic carboxylic acids is 1. The van der Waals surface area contributed by atoms with Crippen molar-refractivity contribution >= 4 is 29.4 Å². The lowest BCUT2D eigenvalue weighted by atomic mass is 9.45. The van der Waals surface area contributed by atoms with Gasteiger partial charge in [-0.2, -0.15) is 0 Å². The number of ether oxygens (including phenoxy) is 1. The number of esters is 1. The first-order valence-electron chi connectivity index (χ1n) is 15.7. The fourth-order valence-electron chi connectivity index (χ4n) is 9.02. The van der Waals surface area contributed by atoms with E-state index in [4.69, 9.17) is 4.74 Å². The van der Waals surface area contributed by atoms with Crippen molar-refractivity contribution in [1.82, 2.24) is 5.32 Å². The van der Waals surface area contributed by atoms with Gasteiger partial charge in [0.05, 0.1) is 12.5 Å². The van der Waals surface area contributed by atoms with Crippen molar-refractivity contribution in [1.29, 1.82) is 0 Å². The van der Waals surface area contributed by atoms with Crippen LogP contribution in [0.2, 0.25) is 0 Å². The number of aliphatic hydroxyl groups excluding tert-OH is 1. The summed E-state index contributed by atoms with van der Waals surface area (Å²) in [4.78, 5) is 62.1. The van der Waals surface area contributed by atoms with E-state index >= 15 is 0 Å². The highest BCUT2D eigenvalue weighted by atomic mass is 16.5. The van der Waals surface area contributed by atoms with Crippen LogP contribution in [0.15, 0.2) is 42.0 Å². The van der Waals surface area contributed by atoms with Crippen LogP contribution in [0.5, 0.6) is 0 Å². The number of Topliss-reactive ketones (excluding diaryl/α,β-unsaturated/α-hetero) is 1. The Morgan fingerprint density at radius 3 is 2.48 bits per heavy atom. The fraction of sp³-hybridized carbons (Fsp3) is 0.618. The third kappa shape index (κ3) is 5.74. The molecule has 0 heterocycles. The van der Waals surface area contributed by atoms with Crippen LogP contribution < -0.4 is 5.32 Å². The van der Waals surface area contributed by atoms with Gasteiger partial charge in [0.2, 0.25) is 11.7 Å². The average molecular weight is 610 g/mol. The normalized spacial score (nSPS) is 34.9. The molecule has 8 atom stereocenters. The fourth-order valence-corrected chi connectivity index (χ4v) is 9.02. The Balaban J connectivity index is 1.16. The van der Waals surface area contributed by atoms with Gasteiger partial charge < -0.3 is 25.4 Å². The molecule has 0 spiro atoms. The van der Waals surface area contributed by atoms with Crippen LogP contribution in [-0.4, -0.2) is 69.1 Å². The van der Waals surface area contributed by atoms with E-state index in [1.807, 2.05) is 6.92 Å². The zero-order valence-electron chi connectivity index (χ0n) is 25.4. The highest BCUT2D eigenvalue weighted by molar-refractivity contribution is 5.92. The molecule has 10 heteroatoms. The molecule has 44 heavy (non-hydrogen) atoms. The summed E-state index contributed by atoms with van der Waals surface area (Å²) in [6.07, 6.45) is 4.20. The summed E-state index contributed by atoms with van der Waals surface area (Å²) >= 11 is 0. The number of amides is 1. The first-order chi connectivity index (χ1) is 20.8. The number of hydrogen-bond donors (Lipinski definition) is 4. The third-order valence-electron chi connectivity index (χ3n) is 11.3. The van der Waals surface area contributed by atoms with Crippen LogP contribution in [0, 0.1) is 28.6 Å². The van der Waals surface area contributed by atoms with Crippen LogP contribution in [0.1, 0.15) is 77.2 Å². The van der Waals surface area contributed by atoms with Crippen LogP contribution in [0.4, 0.5) is 0 Å². The Labute approximate surface area is 257 Å². The number of hydrogen-bond acceptors (Lipinski definition) is 8. The molecule has 0 aromatic heterocycles. The number of fused-ring (bicyclic) bond motifs is 5. The predicted molar refractivity (Wildman–Crippen MR) is 158 cm³/mol. The van der Waals surface area contributed by atoms with Crippen LogP contribution in [0.25, 0.3) is 0 Å². The van der Waals surface area contributed by atoms with E-state index < -0.39 is 53.4 Å². The number of ketones is 2. The maximum Gasteiger partial charge on any atom is 0.326 e. The largest absolute Gasteiger partial charge is 0.480 e. The molecular weight excluding hydrogens is 566 g/mol. The molecule has 10 nitrogen and oxygen atoms in total. The molecule has 5 rings (SSSR count). The molecule has 0 saturated heterocycles. The van der Waals surface area contributed by atoms with E-state index in [1.54, 1.807) is 36.4 Å². The first-order valence-corrected chi connectivity index (χ1v) is 15.7. The van der Waals surface area contributed by atoms with Crippen LogP contribution in [-0.2, 0) is 35.1 Å². The standard InChI is InChI=1S/C34H43NO9/c1-32-14-12-22(36)17-21(32)8-9-23-24-13-15-34(43,33(24,2)18-26(37)30(23)32)27(38)19-44-29(40)11-10-28(39)35-25(31(41)42)16-20-6-4-3-5-7-20/h3-7,17,23-26,30,37,43H,8-16,18-19H2,1-2H3,(H,35,39)(H,41,42)/t23-,24-,25+,26-,30+,32-,33-,34-/m0/s1. The average Bonchev–Trinajstić information content (AvgIpc) is 3.25. The minimum Gasteiger partial charge on any atom is -0.480 e. The zero-order chi connectivity index (χ0) is 31.9. The number of aliphatic hydroxyl groups is 2. The summed E-state index contributed by atoms with van der Waals surface area (Å²) in [5.74, 6) is -3.07. The molecule has 0 unspecified atom stereocenters. The van der Waals surface area contributed by atoms with Crippen molar-refractivity contribution in [2.45, 2.75) is 95.8 Å². The van der Waals surface area contributed by atoms with Gasteiger partial charge in [-0.1, -0.05) is 49.8 Å². The van der Waals surface area contributed by atoms with E-state index in [9.17, 15) is 39.3 Å². The van der Waals surface area contributed by atoms with Gasteiger partial charge in [0, 0.05) is 24.7 Å². The number of carboxylic acids is 1. The number of rotatable bonds is 10. The summed E-state index contributed by atoms with van der Waals surface area (Å²) in [7, 11) is 0. The number of allylic oxidation sites excluding steroid dienone is 1. The van der Waals surface area contributed by atoms with E-state index in [-0.39, 0.29) is 61.1 Å². The lowest BCUT2D eigenvalue weighted by molar-refractivity contribution is -0.184. The molecule has 3 fully saturated rings. The molecule has 0 aliphatic heterocycles. The second kappa shape index (κ2) is 12.2. The lowest BCUT2D eigenvalue weighted by Gasteiger charge is -2.60. The Morgan fingerprint density at radius 1 is 1.05 bits per heavy atom. The molecule has 4 aliphatic carbocycles. The Bertz CT molecular complexity index is 1360. The first kappa shape index (κ1) is 32.0. The van der Waals surface area contributed by atoms with Gasteiger partial charge in [0.1, 0.15) is 11.6 Å². The van der Waals surface area contributed by atoms with E-state index in [2.05, 4.69) is 12.2 Å². The van der Waals surface area contributed by atoms with Crippen LogP contribution >= 0.6 is 0 Å². The summed E-state index contributed by atoms with van der Waals surface area (Å²) in [6.45, 7) is 3.35. The molecule has 4 aliphatic rings. The molecule has 0 bridgehead atoms. The lowest BCUT2D eigenvalue weighted by Crippen LogP contribution is -2.62. The molecule has 4 N–H and O–H groups in total. The SMILES string of the molecule is C[C@]12CCC(=O)C=C1CC[C@@H]1[C@@H]2[C@@H](O)C[C@@]2(C)[C@H]1CC[C@]2(O)C(=O)COC(=O)CCC(=O)N[C@H](Cc1ccccc1)C(=O)O. The van der Waals surface area contributed by atoms with E-state index in [1.165, 1.54) is 0 Å². The van der Waals surface area contributed by atoms with Gasteiger partial charge in [0.25, 0.3) is 0 Å². The van der Waals surface area contributed by atoms with Crippen LogP contribution in [0.3, 0.4) is 0 Å². The van der Waals surface area contributed by atoms with Crippen molar-refractivity contribution in [2.75, 3.05) is 6.61 Å². The molecule has 1 aromatic rings. The van der Waals surface area contributed by atoms with Crippen molar-refractivity contribution in [2.24, 2.45) is 28.6 Å². The molecule has 1 amide bonds. The van der Waals surface area contributed by atoms with Gasteiger partial charge in [-0.25, -0.2) is 4.79 Å². The van der Waals surface area contributed by atoms with Gasteiger partial charge in [0.15, 0.2) is 12.4 Å². The number of benzene rings is 1. The molecule has 0 radical (unpaired) electrons. The summed E-state index contributed by atoms with van der Waals surface area (Å²) in [5, 5.41) is 35.3. The quantitative estimate of drug-likeness (QED) is 0.292. The number of carboxylic acid groups (broad SMARTS) is 1. The monoisotopic (exact) mass is 609 g/mol. The summed E-state index contributed by atoms with van der Waals surface area (Å²) in [5.41, 5.74) is -1.10. The third-order valence-corrected chi connectivity index (χ3v) is 11.3. The molecular formula is C34H43NO9. The zero-order valence-corrected chi connectivity index (χ0v) is 25.4. The Morgan fingerprint density at radius 2 is 1.77 bits per heavy atom. The highest BCUT2D eigenvalue weighted by Gasteiger charge is 2.68. The van der Waals surface area contributed by atoms with Gasteiger partial charge >= 0.3 is 11.9 Å². The van der Waals surface area contributed by atoms with Crippen molar-refractivity contribution in [3.63, 3.8) is 0 Å². The summed E-state index contributed by atoms with van der Waals surface area (Å²) in [6, 6.07) is 7.70. The second-order valence-corrected chi connectivity index (χ2v) is 13.7. The van der Waals surface area contributed by atoms with Gasteiger partial charge in [-0.3, -0.25) is 19.2 Å². The minimum absolute atomic E-state index is 0.00156. The molecule has 238 valence electrons. The van der Waals surface area contributed by atoms with Crippen molar-refractivity contribution in [3.8, 4) is 0 Å². The van der Waals surface area contributed by atoms with Gasteiger partial charge in [-0.15, -0.1) is 0 Å². The maximum absolute atomic E-state index is 13.5. The molecule has 1 aromatic carbocycles. The van der Waals surface area contributed by atoms with Crippen molar-refractivity contribution in [3.05, 3.63) is 47.5 Å². The molecule has 3 saturated carbocycles. The Kier molecular flexibility index (Phi) is 8.88. The highest BCUT2D eigenvalue weighted by Crippen LogP contribution is 2.67. The topological polar surface area (TPSA) is 167 Å². The maximum atomic E-state index is 13.5. The smallest absolute Gasteiger partial charge is 0.326 e. The van der Waals surface area contributed by atoms with E-state index in [0.29, 0.717) is 19.3 Å². The van der Waals surface area contributed by atoms with Crippen molar-refractivity contribution < 1.29 is 44.0 Å². The summed E-state index contributed by atoms with van der Waals surface area (Å²) < 4.78 is 5.19. The van der Waals surface area contributed by atoms with Gasteiger partial charge in [-0.05, 0) is 73.3 Å². The minimum atomic E-state index is -1.77. The van der Waals surface area contributed by atoms with E-state index in [0.717, 1.165) is 24.0 Å². The number of carbonyl (C=O) groups excluding carboxylic acids is 4. The second-order valence-electron chi connectivity index (χ2n) is 13.7. The number of nitrogens with one attached hydrogen (secondary N) is 1. The Hall–Kier alpha value is -3.37. The number of carbonyl (C=O) groups is 5. The predicted octanol–water partition coefficient (Wildman–Crippen LogP) is 2.92.